The van der Waals surface area contributed by atoms with Crippen molar-refractivity contribution in [1.82, 2.24) is 0 Å². The first-order valence-electron chi connectivity index (χ1n) is 7.85. The molecule has 1 aliphatic heterocycles. The Bertz CT molecular complexity index is 567. The summed E-state index contributed by atoms with van der Waals surface area (Å²) in [6.07, 6.45) is 5.05. The van der Waals surface area contributed by atoms with Gasteiger partial charge in [-0.1, -0.05) is 49.2 Å². The molecule has 0 radical (unpaired) electrons. The van der Waals surface area contributed by atoms with E-state index in [0.717, 1.165) is 12.3 Å². The number of anilines is 1. The van der Waals surface area contributed by atoms with Crippen LogP contribution in [0.4, 0.5) is 5.69 Å². The summed E-state index contributed by atoms with van der Waals surface area (Å²) in [6.45, 7) is 1.12. The second-order valence-corrected chi connectivity index (χ2v) is 5.64. The van der Waals surface area contributed by atoms with Gasteiger partial charge in [0.1, 0.15) is 5.75 Å². The maximum Gasteiger partial charge on any atom is 0.124 e. The minimum atomic E-state index is 0.408. The van der Waals surface area contributed by atoms with E-state index in [1.807, 2.05) is 6.07 Å². The molecule has 110 valence electrons. The van der Waals surface area contributed by atoms with Crippen molar-refractivity contribution in [3.8, 4) is 5.75 Å². The lowest BCUT2D eigenvalue weighted by Gasteiger charge is -2.33. The lowest BCUT2D eigenvalue weighted by Crippen LogP contribution is -2.28. The van der Waals surface area contributed by atoms with Crippen molar-refractivity contribution in [2.75, 3.05) is 18.6 Å². The average molecular weight is 281 g/mol. The molecule has 1 atom stereocenters. The second kappa shape index (κ2) is 6.66. The van der Waals surface area contributed by atoms with Gasteiger partial charge in [-0.25, -0.2) is 0 Å². The number of ether oxygens (including phenoxy) is 1. The van der Waals surface area contributed by atoms with E-state index < -0.39 is 0 Å². The number of hydrogen-bond donors (Lipinski definition) is 0. The van der Waals surface area contributed by atoms with E-state index in [1.54, 1.807) is 7.11 Å². The third kappa shape index (κ3) is 3.05. The monoisotopic (exact) mass is 281 g/mol. The fourth-order valence-electron chi connectivity index (χ4n) is 3.30. The molecule has 1 unspecified atom stereocenters. The number of rotatable bonds is 3. The highest BCUT2D eigenvalue weighted by Crippen LogP contribution is 2.37. The van der Waals surface area contributed by atoms with Crippen molar-refractivity contribution >= 4 is 5.69 Å². The first kappa shape index (κ1) is 14.0. The molecular formula is C19H23NO. The van der Waals surface area contributed by atoms with Gasteiger partial charge in [-0.3, -0.25) is 0 Å². The molecule has 0 aliphatic carbocycles. The third-order valence-corrected chi connectivity index (χ3v) is 4.34. The van der Waals surface area contributed by atoms with Crippen molar-refractivity contribution in [1.29, 1.82) is 0 Å². The Morgan fingerprint density at radius 2 is 1.67 bits per heavy atom. The van der Waals surface area contributed by atoms with Gasteiger partial charge in [0.25, 0.3) is 0 Å². The molecule has 0 spiro atoms. The molecule has 0 aromatic heterocycles. The van der Waals surface area contributed by atoms with Crippen LogP contribution in [0, 0.1) is 0 Å². The van der Waals surface area contributed by atoms with Gasteiger partial charge in [0.15, 0.2) is 0 Å². The molecule has 1 aliphatic rings. The van der Waals surface area contributed by atoms with Crippen molar-refractivity contribution in [2.24, 2.45) is 0 Å². The standard InChI is InChI=1S/C19H23NO/c1-21-19-14-8-7-12-17(19)18-13-6-3-9-15-20(18)16-10-4-2-5-11-16/h2,4-5,7-8,10-12,14,18H,3,6,9,13,15H2,1H3. The van der Waals surface area contributed by atoms with Crippen LogP contribution in [-0.4, -0.2) is 13.7 Å². The molecule has 2 aromatic rings. The summed E-state index contributed by atoms with van der Waals surface area (Å²) < 4.78 is 5.60. The lowest BCUT2D eigenvalue weighted by molar-refractivity contribution is 0.402. The second-order valence-electron chi connectivity index (χ2n) is 5.64. The van der Waals surface area contributed by atoms with E-state index in [2.05, 4.69) is 53.4 Å². The summed E-state index contributed by atoms with van der Waals surface area (Å²) in [7, 11) is 1.77. The summed E-state index contributed by atoms with van der Waals surface area (Å²) in [5.41, 5.74) is 2.63. The molecule has 2 aromatic carbocycles. The minimum absolute atomic E-state index is 0.408. The zero-order chi connectivity index (χ0) is 14.5. The molecule has 0 N–H and O–H groups in total. The molecular weight excluding hydrogens is 258 g/mol. The fourth-order valence-corrected chi connectivity index (χ4v) is 3.30. The van der Waals surface area contributed by atoms with Crippen LogP contribution < -0.4 is 9.64 Å². The van der Waals surface area contributed by atoms with E-state index in [4.69, 9.17) is 4.74 Å². The van der Waals surface area contributed by atoms with Gasteiger partial charge in [0, 0.05) is 17.8 Å². The van der Waals surface area contributed by atoms with Gasteiger partial charge in [0.2, 0.25) is 0 Å². The Morgan fingerprint density at radius 3 is 2.48 bits per heavy atom. The number of hydrogen-bond acceptors (Lipinski definition) is 2. The van der Waals surface area contributed by atoms with Gasteiger partial charge in [-0.15, -0.1) is 0 Å². The Labute approximate surface area is 127 Å². The fraction of sp³-hybridized carbons (Fsp3) is 0.368. The predicted molar refractivity (Wildman–Crippen MR) is 88.0 cm³/mol. The van der Waals surface area contributed by atoms with Crippen LogP contribution in [0.1, 0.15) is 37.3 Å². The van der Waals surface area contributed by atoms with Gasteiger partial charge in [-0.2, -0.15) is 0 Å². The molecule has 0 saturated carbocycles. The van der Waals surface area contributed by atoms with Crippen LogP contribution in [0.25, 0.3) is 0 Å². The van der Waals surface area contributed by atoms with Crippen LogP contribution in [0.3, 0.4) is 0 Å². The van der Waals surface area contributed by atoms with Crippen LogP contribution in [0.2, 0.25) is 0 Å². The molecule has 3 rings (SSSR count). The van der Waals surface area contributed by atoms with Crippen molar-refractivity contribution in [2.45, 2.75) is 31.7 Å². The van der Waals surface area contributed by atoms with Crippen molar-refractivity contribution in [3.63, 3.8) is 0 Å². The number of para-hydroxylation sites is 2. The van der Waals surface area contributed by atoms with Crippen LogP contribution in [0.5, 0.6) is 5.75 Å². The lowest BCUT2D eigenvalue weighted by atomic mass is 9.99. The van der Waals surface area contributed by atoms with E-state index in [1.165, 1.54) is 36.9 Å². The van der Waals surface area contributed by atoms with Crippen molar-refractivity contribution < 1.29 is 4.74 Å². The Balaban J connectivity index is 1.99. The molecule has 1 fully saturated rings. The third-order valence-electron chi connectivity index (χ3n) is 4.34. The SMILES string of the molecule is COc1ccccc1C1CCCCCN1c1ccccc1. The largest absolute Gasteiger partial charge is 0.496 e. The molecule has 2 nitrogen and oxygen atoms in total. The summed E-state index contributed by atoms with van der Waals surface area (Å²) in [6, 6.07) is 19.6. The van der Waals surface area contributed by atoms with Gasteiger partial charge in [-0.05, 0) is 31.0 Å². The zero-order valence-corrected chi connectivity index (χ0v) is 12.7. The molecule has 1 heterocycles. The van der Waals surface area contributed by atoms with Gasteiger partial charge in [0.05, 0.1) is 13.2 Å². The minimum Gasteiger partial charge on any atom is -0.496 e. The topological polar surface area (TPSA) is 12.5 Å². The summed E-state index contributed by atoms with van der Waals surface area (Å²) >= 11 is 0. The molecule has 1 saturated heterocycles. The highest BCUT2D eigenvalue weighted by atomic mass is 16.5. The van der Waals surface area contributed by atoms with Gasteiger partial charge < -0.3 is 9.64 Å². The molecule has 0 amide bonds. The molecule has 2 heteroatoms. The normalized spacial score (nSPS) is 19.1. The molecule has 0 bridgehead atoms. The average Bonchev–Trinajstić information content (AvgIpc) is 2.81. The Morgan fingerprint density at radius 1 is 0.905 bits per heavy atom. The zero-order valence-electron chi connectivity index (χ0n) is 12.7. The van der Waals surface area contributed by atoms with Crippen LogP contribution in [0.15, 0.2) is 54.6 Å². The molecule has 21 heavy (non-hydrogen) atoms. The van der Waals surface area contributed by atoms with E-state index in [0.29, 0.717) is 6.04 Å². The summed E-state index contributed by atoms with van der Waals surface area (Å²) in [4.78, 5) is 2.55. The Kier molecular flexibility index (Phi) is 4.44. The Hall–Kier alpha value is -1.96. The van der Waals surface area contributed by atoms with E-state index in [9.17, 15) is 0 Å². The maximum absolute atomic E-state index is 5.60. The number of nitrogens with zero attached hydrogens (tertiary/aromatic N) is 1. The first-order chi connectivity index (χ1) is 10.4. The van der Waals surface area contributed by atoms with Crippen molar-refractivity contribution in [3.05, 3.63) is 60.2 Å². The summed E-state index contributed by atoms with van der Waals surface area (Å²) in [5.74, 6) is 1.00. The quantitative estimate of drug-likeness (QED) is 0.800. The smallest absolute Gasteiger partial charge is 0.124 e. The van der Waals surface area contributed by atoms with E-state index in [-0.39, 0.29) is 0 Å². The highest BCUT2D eigenvalue weighted by Gasteiger charge is 2.25. The van der Waals surface area contributed by atoms with E-state index >= 15 is 0 Å². The predicted octanol–water partition coefficient (Wildman–Crippen LogP) is 4.82. The maximum atomic E-state index is 5.60. The highest BCUT2D eigenvalue weighted by molar-refractivity contribution is 5.51. The van der Waals surface area contributed by atoms with Gasteiger partial charge >= 0.3 is 0 Å². The number of methoxy groups -OCH3 is 1. The van der Waals surface area contributed by atoms with Crippen LogP contribution >= 0.6 is 0 Å². The summed E-state index contributed by atoms with van der Waals surface area (Å²) in [5, 5.41) is 0. The first-order valence-corrected chi connectivity index (χ1v) is 7.85. The number of benzene rings is 2. The van der Waals surface area contributed by atoms with Crippen LogP contribution in [-0.2, 0) is 0 Å².